The van der Waals surface area contributed by atoms with E-state index in [4.69, 9.17) is 0 Å². The van der Waals surface area contributed by atoms with Gasteiger partial charge < -0.3 is 10.4 Å². The standard InChI is InChI=1S/C11H15NO2S/c13-10-3-1-2-4-11(10)15(14)9-5-7-12-8-6-9/h1-4,9,12-13H,5-8H2. The molecule has 0 aromatic heterocycles. The molecule has 0 saturated carbocycles. The van der Waals surface area contributed by atoms with Gasteiger partial charge in [-0.2, -0.15) is 0 Å². The molecule has 0 bridgehead atoms. The third-order valence-corrected chi connectivity index (χ3v) is 4.53. The predicted molar refractivity (Wildman–Crippen MR) is 60.4 cm³/mol. The molecule has 2 N–H and O–H groups in total. The van der Waals surface area contributed by atoms with Crippen LogP contribution in [-0.2, 0) is 10.8 Å². The largest absolute Gasteiger partial charge is 0.507 e. The second-order valence-electron chi connectivity index (χ2n) is 3.71. The molecule has 1 aromatic carbocycles. The van der Waals surface area contributed by atoms with Gasteiger partial charge in [0.1, 0.15) is 5.75 Å². The monoisotopic (exact) mass is 225 g/mol. The van der Waals surface area contributed by atoms with Gasteiger partial charge in [-0.25, -0.2) is 0 Å². The van der Waals surface area contributed by atoms with Crippen LogP contribution in [0.2, 0.25) is 0 Å². The Hall–Kier alpha value is -0.870. The molecule has 3 nitrogen and oxygen atoms in total. The number of benzene rings is 1. The molecule has 0 spiro atoms. The van der Waals surface area contributed by atoms with Crippen molar-refractivity contribution in [2.45, 2.75) is 23.0 Å². The summed E-state index contributed by atoms with van der Waals surface area (Å²) in [7, 11) is -1.07. The Labute approximate surface area is 92.0 Å². The molecule has 4 heteroatoms. The Kier molecular flexibility index (Phi) is 3.38. The van der Waals surface area contributed by atoms with Crippen molar-refractivity contribution in [3.05, 3.63) is 24.3 Å². The van der Waals surface area contributed by atoms with Crippen molar-refractivity contribution < 1.29 is 9.32 Å². The first-order valence-electron chi connectivity index (χ1n) is 5.18. The maximum absolute atomic E-state index is 12.1. The number of para-hydroxylation sites is 1. The summed E-state index contributed by atoms with van der Waals surface area (Å²) >= 11 is 0. The first kappa shape index (κ1) is 10.6. The second kappa shape index (κ2) is 4.77. The van der Waals surface area contributed by atoms with Gasteiger partial charge in [0.15, 0.2) is 0 Å². The van der Waals surface area contributed by atoms with Gasteiger partial charge in [0.2, 0.25) is 0 Å². The smallest absolute Gasteiger partial charge is 0.131 e. The lowest BCUT2D eigenvalue weighted by Crippen LogP contribution is -2.33. The van der Waals surface area contributed by atoms with Crippen molar-refractivity contribution in [3.63, 3.8) is 0 Å². The Morgan fingerprint density at radius 2 is 1.93 bits per heavy atom. The minimum Gasteiger partial charge on any atom is -0.507 e. The number of hydrogen-bond donors (Lipinski definition) is 2. The van der Waals surface area contributed by atoms with Crippen LogP contribution in [0.4, 0.5) is 0 Å². The summed E-state index contributed by atoms with van der Waals surface area (Å²) in [6, 6.07) is 6.90. The van der Waals surface area contributed by atoms with Crippen molar-refractivity contribution in [3.8, 4) is 5.75 Å². The quantitative estimate of drug-likeness (QED) is 0.796. The van der Waals surface area contributed by atoms with E-state index < -0.39 is 10.8 Å². The number of hydrogen-bond acceptors (Lipinski definition) is 3. The molecule has 1 aliphatic heterocycles. The van der Waals surface area contributed by atoms with Gasteiger partial charge >= 0.3 is 0 Å². The predicted octanol–water partition coefficient (Wildman–Crippen LogP) is 1.25. The summed E-state index contributed by atoms with van der Waals surface area (Å²) in [5.41, 5.74) is 0. The topological polar surface area (TPSA) is 49.3 Å². The summed E-state index contributed by atoms with van der Waals surface area (Å²) in [5.74, 6) is 0.148. The summed E-state index contributed by atoms with van der Waals surface area (Å²) < 4.78 is 12.1. The lowest BCUT2D eigenvalue weighted by atomic mass is 10.2. The van der Waals surface area contributed by atoms with Gasteiger partial charge in [-0.1, -0.05) is 12.1 Å². The molecule has 1 atom stereocenters. The normalized spacial score (nSPS) is 20.0. The molecule has 0 aliphatic carbocycles. The fourth-order valence-corrected chi connectivity index (χ4v) is 3.33. The summed E-state index contributed by atoms with van der Waals surface area (Å²) in [6.45, 7) is 1.84. The Balaban J connectivity index is 2.16. The molecule has 2 rings (SSSR count). The molecule has 15 heavy (non-hydrogen) atoms. The maximum atomic E-state index is 12.1. The molecule has 1 saturated heterocycles. The highest BCUT2D eigenvalue weighted by molar-refractivity contribution is 7.85. The lowest BCUT2D eigenvalue weighted by Gasteiger charge is -2.22. The van der Waals surface area contributed by atoms with E-state index in [-0.39, 0.29) is 11.0 Å². The maximum Gasteiger partial charge on any atom is 0.131 e. The van der Waals surface area contributed by atoms with Gasteiger partial charge in [0.25, 0.3) is 0 Å². The molecular formula is C11H15NO2S. The third kappa shape index (κ3) is 2.38. The van der Waals surface area contributed by atoms with Crippen LogP contribution < -0.4 is 5.32 Å². The van der Waals surface area contributed by atoms with Crippen molar-refractivity contribution >= 4 is 10.8 Å². The minimum atomic E-state index is -1.07. The van der Waals surface area contributed by atoms with E-state index >= 15 is 0 Å². The molecule has 82 valence electrons. The van der Waals surface area contributed by atoms with Crippen molar-refractivity contribution in [1.82, 2.24) is 5.32 Å². The number of phenolic OH excluding ortho intramolecular Hbond substituents is 1. The molecular weight excluding hydrogens is 210 g/mol. The zero-order valence-corrected chi connectivity index (χ0v) is 9.30. The van der Waals surface area contributed by atoms with E-state index in [0.717, 1.165) is 25.9 Å². The first-order chi connectivity index (χ1) is 7.29. The van der Waals surface area contributed by atoms with Gasteiger partial charge in [-0.05, 0) is 38.1 Å². The Morgan fingerprint density at radius 3 is 2.60 bits per heavy atom. The highest BCUT2D eigenvalue weighted by atomic mass is 32.2. The van der Waals surface area contributed by atoms with E-state index in [0.29, 0.717) is 4.90 Å². The number of piperidine rings is 1. The van der Waals surface area contributed by atoms with Crippen molar-refractivity contribution in [2.24, 2.45) is 0 Å². The zero-order chi connectivity index (χ0) is 10.7. The number of rotatable bonds is 2. The van der Waals surface area contributed by atoms with Crippen LogP contribution in [0.25, 0.3) is 0 Å². The van der Waals surface area contributed by atoms with Crippen LogP contribution in [0, 0.1) is 0 Å². The fraction of sp³-hybridized carbons (Fsp3) is 0.455. The van der Waals surface area contributed by atoms with Crippen LogP contribution in [0.1, 0.15) is 12.8 Å². The van der Waals surface area contributed by atoms with Crippen LogP contribution in [0.5, 0.6) is 5.75 Å². The van der Waals surface area contributed by atoms with E-state index in [1.54, 1.807) is 18.2 Å². The summed E-state index contributed by atoms with van der Waals surface area (Å²) in [5, 5.41) is 13.0. The zero-order valence-electron chi connectivity index (χ0n) is 8.48. The summed E-state index contributed by atoms with van der Waals surface area (Å²) in [4.78, 5) is 0.574. The molecule has 1 aromatic rings. The highest BCUT2D eigenvalue weighted by Gasteiger charge is 2.22. The number of nitrogens with one attached hydrogen (secondary N) is 1. The molecule has 1 unspecified atom stereocenters. The Morgan fingerprint density at radius 1 is 1.27 bits per heavy atom. The van der Waals surface area contributed by atoms with Crippen LogP contribution in [0.15, 0.2) is 29.2 Å². The van der Waals surface area contributed by atoms with Crippen LogP contribution >= 0.6 is 0 Å². The second-order valence-corrected chi connectivity index (χ2v) is 5.42. The van der Waals surface area contributed by atoms with E-state index in [1.807, 2.05) is 6.07 Å². The van der Waals surface area contributed by atoms with Gasteiger partial charge in [-0.15, -0.1) is 0 Å². The van der Waals surface area contributed by atoms with E-state index in [1.165, 1.54) is 0 Å². The van der Waals surface area contributed by atoms with Gasteiger partial charge in [0.05, 0.1) is 15.7 Å². The van der Waals surface area contributed by atoms with E-state index in [2.05, 4.69) is 5.32 Å². The number of aromatic hydroxyl groups is 1. The molecule has 0 radical (unpaired) electrons. The average Bonchev–Trinajstić information content (AvgIpc) is 2.30. The first-order valence-corrected chi connectivity index (χ1v) is 6.39. The van der Waals surface area contributed by atoms with Crippen LogP contribution in [0.3, 0.4) is 0 Å². The molecule has 0 amide bonds. The number of phenols is 1. The average molecular weight is 225 g/mol. The van der Waals surface area contributed by atoms with E-state index in [9.17, 15) is 9.32 Å². The van der Waals surface area contributed by atoms with Crippen molar-refractivity contribution in [2.75, 3.05) is 13.1 Å². The SMILES string of the molecule is O=S(c1ccccc1O)C1CCNCC1. The third-order valence-electron chi connectivity index (χ3n) is 2.67. The molecule has 1 heterocycles. The highest BCUT2D eigenvalue weighted by Crippen LogP contribution is 2.25. The van der Waals surface area contributed by atoms with Crippen LogP contribution in [-0.4, -0.2) is 27.7 Å². The Bertz CT molecular complexity index is 361. The summed E-state index contributed by atoms with van der Waals surface area (Å²) in [6.07, 6.45) is 1.84. The van der Waals surface area contributed by atoms with Gasteiger partial charge in [-0.3, -0.25) is 4.21 Å². The van der Waals surface area contributed by atoms with Crippen molar-refractivity contribution in [1.29, 1.82) is 0 Å². The van der Waals surface area contributed by atoms with Gasteiger partial charge in [0, 0.05) is 5.25 Å². The minimum absolute atomic E-state index is 0.148. The lowest BCUT2D eigenvalue weighted by molar-refractivity contribution is 0.459. The molecule has 1 aliphatic rings. The fourth-order valence-electron chi connectivity index (χ4n) is 1.82. The molecule has 1 fully saturated rings.